The van der Waals surface area contributed by atoms with Crippen molar-refractivity contribution < 1.29 is 22.8 Å². The molecule has 1 aliphatic carbocycles. The highest BCUT2D eigenvalue weighted by Gasteiger charge is 2.36. The lowest BCUT2D eigenvalue weighted by Gasteiger charge is -2.37. The molecule has 23 heavy (non-hydrogen) atoms. The van der Waals surface area contributed by atoms with Gasteiger partial charge >= 0.3 is 6.18 Å². The lowest BCUT2D eigenvalue weighted by Crippen LogP contribution is -2.50. The van der Waals surface area contributed by atoms with Crippen molar-refractivity contribution in [3.8, 4) is 0 Å². The third kappa shape index (κ3) is 3.63. The van der Waals surface area contributed by atoms with E-state index in [0.29, 0.717) is 24.2 Å². The van der Waals surface area contributed by atoms with Crippen LogP contribution in [0, 0.1) is 0 Å². The Hall–Kier alpha value is -1.70. The maximum atomic E-state index is 12.7. The van der Waals surface area contributed by atoms with Crippen LogP contribution in [-0.4, -0.2) is 29.0 Å². The predicted octanol–water partition coefficient (Wildman–Crippen LogP) is 2.89. The van der Waals surface area contributed by atoms with Crippen LogP contribution < -0.4 is 10.6 Å². The van der Waals surface area contributed by atoms with E-state index in [-0.39, 0.29) is 23.1 Å². The Kier molecular flexibility index (Phi) is 4.27. The molecule has 0 bridgehead atoms. The molecule has 2 N–H and O–H groups in total. The van der Waals surface area contributed by atoms with E-state index in [1.165, 1.54) is 12.1 Å². The topological polar surface area (TPSA) is 58.2 Å². The van der Waals surface area contributed by atoms with Crippen molar-refractivity contribution in [3.63, 3.8) is 0 Å². The van der Waals surface area contributed by atoms with Gasteiger partial charge in [-0.05, 0) is 30.4 Å². The Labute approximate surface area is 135 Å². The number of carbonyl (C=O) groups excluding carboxylic acids is 2. The van der Waals surface area contributed by atoms with Crippen molar-refractivity contribution in [2.75, 3.05) is 5.75 Å². The molecule has 1 atom stereocenters. The van der Waals surface area contributed by atoms with Crippen molar-refractivity contribution in [1.82, 2.24) is 10.6 Å². The number of thioether (sulfide) groups is 1. The molecule has 8 heteroatoms. The fourth-order valence-electron chi connectivity index (χ4n) is 2.80. The largest absolute Gasteiger partial charge is 0.416 e. The van der Waals surface area contributed by atoms with E-state index in [2.05, 4.69) is 10.6 Å². The van der Waals surface area contributed by atoms with Gasteiger partial charge in [0.05, 0.1) is 5.56 Å². The summed E-state index contributed by atoms with van der Waals surface area (Å²) in [5.74, 6) is 0.208. The molecule has 0 radical (unpaired) electrons. The third-order valence-corrected chi connectivity index (χ3v) is 5.04. The van der Waals surface area contributed by atoms with E-state index in [1.54, 1.807) is 6.07 Å². The minimum atomic E-state index is -4.34. The average molecular weight is 344 g/mol. The van der Waals surface area contributed by atoms with Crippen LogP contribution in [0.3, 0.4) is 0 Å². The van der Waals surface area contributed by atoms with Crippen LogP contribution in [0.1, 0.15) is 29.9 Å². The Bertz CT molecular complexity index is 629. The highest BCUT2D eigenvalue weighted by Crippen LogP contribution is 2.39. The van der Waals surface area contributed by atoms with E-state index in [1.807, 2.05) is 0 Å². The number of alkyl halides is 3. The fraction of sp³-hybridized carbons (Fsp3) is 0.467. The second-order valence-corrected chi connectivity index (χ2v) is 6.79. The second kappa shape index (κ2) is 6.07. The van der Waals surface area contributed by atoms with Gasteiger partial charge in [-0.25, -0.2) is 0 Å². The Balaban J connectivity index is 1.53. The molecule has 3 rings (SSSR count). The van der Waals surface area contributed by atoms with Crippen molar-refractivity contribution in [2.45, 2.75) is 37.0 Å². The predicted molar refractivity (Wildman–Crippen MR) is 80.1 cm³/mol. The molecule has 0 aromatic heterocycles. The Morgan fingerprint density at radius 1 is 1.30 bits per heavy atom. The van der Waals surface area contributed by atoms with Gasteiger partial charge in [0, 0.05) is 11.8 Å². The van der Waals surface area contributed by atoms with E-state index < -0.39 is 17.8 Å². The summed E-state index contributed by atoms with van der Waals surface area (Å²) in [6, 6.07) is 4.77. The van der Waals surface area contributed by atoms with Crippen molar-refractivity contribution in [2.24, 2.45) is 0 Å². The van der Waals surface area contributed by atoms with Crippen molar-refractivity contribution in [3.05, 3.63) is 35.4 Å². The molecule has 1 aromatic rings. The van der Waals surface area contributed by atoms with Gasteiger partial charge in [0.1, 0.15) is 6.04 Å². The molecule has 2 amide bonds. The first kappa shape index (κ1) is 16.2. The van der Waals surface area contributed by atoms with Gasteiger partial charge < -0.3 is 10.6 Å². The van der Waals surface area contributed by atoms with Gasteiger partial charge in [-0.3, -0.25) is 9.59 Å². The summed E-state index contributed by atoms with van der Waals surface area (Å²) in [5, 5.41) is 5.19. The highest BCUT2D eigenvalue weighted by atomic mass is 32.2. The van der Waals surface area contributed by atoms with Crippen molar-refractivity contribution >= 4 is 22.9 Å². The molecular weight excluding hydrogens is 329 g/mol. The van der Waals surface area contributed by atoms with Crippen LogP contribution in [0.4, 0.5) is 18.0 Å². The normalized spacial score (nSPS) is 27.3. The zero-order valence-electron chi connectivity index (χ0n) is 12.0. The van der Waals surface area contributed by atoms with E-state index in [4.69, 9.17) is 0 Å². The lowest BCUT2D eigenvalue weighted by atomic mass is 9.75. The summed E-state index contributed by atoms with van der Waals surface area (Å²) >= 11 is 1.07. The van der Waals surface area contributed by atoms with Gasteiger partial charge in [-0.1, -0.05) is 30.0 Å². The summed E-state index contributed by atoms with van der Waals surface area (Å²) in [5.41, 5.74) is 0.00299. The van der Waals surface area contributed by atoms with Gasteiger partial charge in [0.2, 0.25) is 5.91 Å². The van der Waals surface area contributed by atoms with Gasteiger partial charge in [0.15, 0.2) is 0 Å². The van der Waals surface area contributed by atoms with Crippen LogP contribution >= 0.6 is 11.8 Å². The molecule has 1 aromatic carbocycles. The lowest BCUT2D eigenvalue weighted by molar-refractivity contribution is -0.137. The van der Waals surface area contributed by atoms with Gasteiger partial charge in [-0.2, -0.15) is 13.2 Å². The Morgan fingerprint density at radius 2 is 2.04 bits per heavy atom. The number of hydrogen-bond acceptors (Lipinski definition) is 3. The number of amides is 2. The SMILES string of the molecule is O=C1NC(C(=O)NC2CC(c3cccc(C(F)(F)F)c3)C2)CS1. The molecule has 2 aliphatic rings. The maximum Gasteiger partial charge on any atom is 0.416 e. The summed E-state index contributed by atoms with van der Waals surface area (Å²) in [4.78, 5) is 23.0. The molecule has 1 saturated heterocycles. The van der Waals surface area contributed by atoms with Gasteiger partial charge in [0.25, 0.3) is 5.24 Å². The second-order valence-electron chi connectivity index (χ2n) is 5.79. The number of rotatable bonds is 3. The fourth-order valence-corrected chi connectivity index (χ4v) is 3.58. The first-order chi connectivity index (χ1) is 10.8. The molecule has 1 aliphatic heterocycles. The van der Waals surface area contributed by atoms with Crippen LogP contribution in [0.15, 0.2) is 24.3 Å². The molecule has 1 saturated carbocycles. The minimum absolute atomic E-state index is 0.0233. The Morgan fingerprint density at radius 3 is 2.65 bits per heavy atom. The smallest absolute Gasteiger partial charge is 0.352 e. The average Bonchev–Trinajstić information content (AvgIpc) is 2.88. The summed E-state index contributed by atoms with van der Waals surface area (Å²) < 4.78 is 38.1. The molecule has 124 valence electrons. The van der Waals surface area contributed by atoms with Crippen molar-refractivity contribution in [1.29, 1.82) is 0 Å². The van der Waals surface area contributed by atoms with Crippen LogP contribution in [0.5, 0.6) is 0 Å². The summed E-state index contributed by atoms with van der Waals surface area (Å²) in [6.45, 7) is 0. The quantitative estimate of drug-likeness (QED) is 0.886. The van der Waals surface area contributed by atoms with E-state index >= 15 is 0 Å². The number of carbonyl (C=O) groups is 2. The maximum absolute atomic E-state index is 12.7. The molecule has 1 heterocycles. The first-order valence-electron chi connectivity index (χ1n) is 7.24. The molecule has 0 spiro atoms. The monoisotopic (exact) mass is 344 g/mol. The molecule has 4 nitrogen and oxygen atoms in total. The third-order valence-electron chi connectivity index (χ3n) is 4.16. The van der Waals surface area contributed by atoms with Crippen LogP contribution in [-0.2, 0) is 11.0 Å². The zero-order chi connectivity index (χ0) is 16.6. The molecular formula is C15H15F3N2O2S. The van der Waals surface area contributed by atoms with Crippen LogP contribution in [0.25, 0.3) is 0 Å². The van der Waals surface area contributed by atoms with E-state index in [0.717, 1.165) is 17.8 Å². The minimum Gasteiger partial charge on any atom is -0.352 e. The zero-order valence-corrected chi connectivity index (χ0v) is 12.8. The molecule has 2 fully saturated rings. The van der Waals surface area contributed by atoms with Crippen LogP contribution in [0.2, 0.25) is 0 Å². The van der Waals surface area contributed by atoms with Gasteiger partial charge in [-0.15, -0.1) is 0 Å². The number of nitrogens with one attached hydrogen (secondary N) is 2. The highest BCUT2D eigenvalue weighted by molar-refractivity contribution is 8.14. The first-order valence-corrected chi connectivity index (χ1v) is 8.22. The standard InChI is InChI=1S/C15H15F3N2O2S/c16-15(17,18)10-3-1-2-8(4-10)9-5-11(6-9)19-13(21)12-7-23-14(22)20-12/h1-4,9,11-12H,5-7H2,(H,19,21)(H,20,22). The number of benzene rings is 1. The summed E-state index contributed by atoms with van der Waals surface area (Å²) in [6.07, 6.45) is -3.12. The molecule has 1 unspecified atom stereocenters. The number of halogens is 3. The summed E-state index contributed by atoms with van der Waals surface area (Å²) in [7, 11) is 0. The van der Waals surface area contributed by atoms with E-state index in [9.17, 15) is 22.8 Å². The number of hydrogen-bond donors (Lipinski definition) is 2.